The van der Waals surface area contributed by atoms with Crippen molar-refractivity contribution in [2.75, 3.05) is 5.32 Å². The maximum Gasteiger partial charge on any atom is 0.183 e. The molecule has 0 saturated carbocycles. The fourth-order valence-corrected chi connectivity index (χ4v) is 2.86. The van der Waals surface area contributed by atoms with Crippen molar-refractivity contribution < 1.29 is 0 Å². The number of nitrogens with zero attached hydrogens (tertiary/aromatic N) is 2. The summed E-state index contributed by atoms with van der Waals surface area (Å²) in [6, 6.07) is 2.36. The smallest absolute Gasteiger partial charge is 0.183 e. The fraction of sp³-hybridized carbons (Fsp3) is 0.385. The number of thiazole rings is 1. The number of aromatic nitrogens is 2. The van der Waals surface area contributed by atoms with Crippen molar-refractivity contribution in [1.82, 2.24) is 9.97 Å². The van der Waals surface area contributed by atoms with Gasteiger partial charge >= 0.3 is 0 Å². The molecule has 0 saturated heterocycles. The standard InChI is InChI=1S/C13H17N3S/c1-8-7-9(2)15-10(3)12(8)11(4)16-13-14-5-6-17-13/h5-7,11H,1-4H3,(H,14,16). The second kappa shape index (κ2) is 4.84. The predicted molar refractivity (Wildman–Crippen MR) is 72.6 cm³/mol. The summed E-state index contributed by atoms with van der Waals surface area (Å²) in [7, 11) is 0. The summed E-state index contributed by atoms with van der Waals surface area (Å²) < 4.78 is 0. The number of rotatable bonds is 3. The molecule has 2 aromatic heterocycles. The maximum atomic E-state index is 4.53. The van der Waals surface area contributed by atoms with Crippen LogP contribution in [0.3, 0.4) is 0 Å². The number of hydrogen-bond donors (Lipinski definition) is 1. The van der Waals surface area contributed by atoms with Crippen molar-refractivity contribution in [3.8, 4) is 0 Å². The molecule has 0 radical (unpaired) electrons. The van der Waals surface area contributed by atoms with Gasteiger partial charge in [0.2, 0.25) is 0 Å². The monoisotopic (exact) mass is 247 g/mol. The van der Waals surface area contributed by atoms with Gasteiger partial charge in [0.05, 0.1) is 6.04 Å². The molecule has 2 aromatic rings. The second-order valence-electron chi connectivity index (χ2n) is 4.28. The molecule has 1 atom stereocenters. The summed E-state index contributed by atoms with van der Waals surface area (Å²) in [5.74, 6) is 0. The molecule has 0 amide bonds. The molecule has 3 nitrogen and oxygen atoms in total. The highest BCUT2D eigenvalue weighted by atomic mass is 32.1. The van der Waals surface area contributed by atoms with Crippen LogP contribution in [0.25, 0.3) is 0 Å². The van der Waals surface area contributed by atoms with E-state index in [-0.39, 0.29) is 6.04 Å². The van der Waals surface area contributed by atoms with Crippen molar-refractivity contribution in [2.45, 2.75) is 33.7 Å². The molecule has 0 aliphatic carbocycles. The molecule has 1 unspecified atom stereocenters. The van der Waals surface area contributed by atoms with E-state index in [0.29, 0.717) is 0 Å². The first-order valence-electron chi connectivity index (χ1n) is 5.68. The van der Waals surface area contributed by atoms with Gasteiger partial charge in [0.1, 0.15) is 0 Å². The summed E-state index contributed by atoms with van der Waals surface area (Å²) in [5.41, 5.74) is 4.72. The van der Waals surface area contributed by atoms with Crippen LogP contribution in [0, 0.1) is 20.8 Å². The Morgan fingerprint density at radius 1 is 1.29 bits per heavy atom. The minimum absolute atomic E-state index is 0.231. The maximum absolute atomic E-state index is 4.53. The number of hydrogen-bond acceptors (Lipinski definition) is 4. The van der Waals surface area contributed by atoms with E-state index in [4.69, 9.17) is 0 Å². The topological polar surface area (TPSA) is 37.8 Å². The summed E-state index contributed by atoms with van der Waals surface area (Å²) in [5, 5.41) is 6.34. The molecule has 0 spiro atoms. The van der Waals surface area contributed by atoms with E-state index in [1.54, 1.807) is 11.3 Å². The van der Waals surface area contributed by atoms with E-state index in [2.05, 4.69) is 42.1 Å². The van der Waals surface area contributed by atoms with Gasteiger partial charge in [0, 0.05) is 23.0 Å². The van der Waals surface area contributed by atoms with Gasteiger partial charge in [-0.1, -0.05) is 0 Å². The summed E-state index contributed by atoms with van der Waals surface area (Å²) in [6.45, 7) is 8.38. The van der Waals surface area contributed by atoms with Gasteiger partial charge in [-0.15, -0.1) is 11.3 Å². The molecule has 0 bridgehead atoms. The molecule has 0 fully saturated rings. The highest BCUT2D eigenvalue weighted by Crippen LogP contribution is 2.25. The van der Waals surface area contributed by atoms with Crippen LogP contribution in [0.15, 0.2) is 17.6 Å². The van der Waals surface area contributed by atoms with Crippen LogP contribution in [-0.2, 0) is 0 Å². The van der Waals surface area contributed by atoms with Crippen LogP contribution in [0.2, 0.25) is 0 Å². The first-order chi connectivity index (χ1) is 8.08. The normalized spacial score (nSPS) is 12.5. The lowest BCUT2D eigenvalue weighted by molar-refractivity contribution is 0.841. The summed E-state index contributed by atoms with van der Waals surface area (Å²) >= 11 is 1.62. The Morgan fingerprint density at radius 2 is 2.06 bits per heavy atom. The zero-order valence-electron chi connectivity index (χ0n) is 10.6. The SMILES string of the molecule is Cc1cc(C)c(C(C)Nc2nccs2)c(C)n1. The van der Waals surface area contributed by atoms with E-state index < -0.39 is 0 Å². The molecule has 0 aliphatic rings. The number of pyridine rings is 1. The Kier molecular flexibility index (Phi) is 3.43. The molecule has 0 aliphatic heterocycles. The van der Waals surface area contributed by atoms with E-state index in [9.17, 15) is 0 Å². The fourth-order valence-electron chi connectivity index (χ4n) is 2.24. The molecular formula is C13H17N3S. The Labute approximate surface area is 106 Å². The molecule has 17 heavy (non-hydrogen) atoms. The Bertz CT molecular complexity index is 482. The molecule has 2 rings (SSSR count). The van der Waals surface area contributed by atoms with Crippen LogP contribution in [0.4, 0.5) is 5.13 Å². The van der Waals surface area contributed by atoms with Crippen LogP contribution in [-0.4, -0.2) is 9.97 Å². The van der Waals surface area contributed by atoms with Crippen LogP contribution in [0.1, 0.15) is 35.5 Å². The van der Waals surface area contributed by atoms with Crippen LogP contribution in [0.5, 0.6) is 0 Å². The largest absolute Gasteiger partial charge is 0.355 e. The molecule has 1 N–H and O–H groups in total. The minimum Gasteiger partial charge on any atom is -0.355 e. The van der Waals surface area contributed by atoms with Gasteiger partial charge in [-0.2, -0.15) is 0 Å². The van der Waals surface area contributed by atoms with Gasteiger partial charge in [-0.25, -0.2) is 4.98 Å². The van der Waals surface area contributed by atoms with E-state index >= 15 is 0 Å². The average molecular weight is 247 g/mol. The van der Waals surface area contributed by atoms with Gasteiger partial charge in [-0.05, 0) is 44.9 Å². The third kappa shape index (κ3) is 2.64. The number of nitrogens with one attached hydrogen (secondary N) is 1. The molecule has 90 valence electrons. The van der Waals surface area contributed by atoms with Gasteiger partial charge < -0.3 is 5.32 Å². The van der Waals surface area contributed by atoms with Crippen molar-refractivity contribution in [1.29, 1.82) is 0 Å². The van der Waals surface area contributed by atoms with Crippen molar-refractivity contribution >= 4 is 16.5 Å². The van der Waals surface area contributed by atoms with Gasteiger partial charge in [0.25, 0.3) is 0 Å². The Hall–Kier alpha value is -1.42. The molecule has 2 heterocycles. The van der Waals surface area contributed by atoms with Crippen molar-refractivity contribution in [3.05, 3.63) is 40.2 Å². The third-order valence-electron chi connectivity index (χ3n) is 2.79. The van der Waals surface area contributed by atoms with Crippen molar-refractivity contribution in [2.24, 2.45) is 0 Å². The van der Waals surface area contributed by atoms with E-state index in [1.807, 2.05) is 18.5 Å². The molecular weight excluding hydrogens is 230 g/mol. The van der Waals surface area contributed by atoms with E-state index in [1.165, 1.54) is 11.1 Å². The van der Waals surface area contributed by atoms with Crippen molar-refractivity contribution in [3.63, 3.8) is 0 Å². The minimum atomic E-state index is 0.231. The molecule has 0 aromatic carbocycles. The lowest BCUT2D eigenvalue weighted by Crippen LogP contribution is -2.11. The predicted octanol–water partition coefficient (Wildman–Crippen LogP) is 3.64. The van der Waals surface area contributed by atoms with Gasteiger partial charge in [-0.3, -0.25) is 4.98 Å². The Morgan fingerprint density at radius 3 is 2.65 bits per heavy atom. The second-order valence-corrected chi connectivity index (χ2v) is 5.18. The average Bonchev–Trinajstić information content (AvgIpc) is 2.68. The highest BCUT2D eigenvalue weighted by molar-refractivity contribution is 7.13. The van der Waals surface area contributed by atoms with Crippen LogP contribution < -0.4 is 5.32 Å². The van der Waals surface area contributed by atoms with Crippen LogP contribution >= 0.6 is 11.3 Å². The molecule has 4 heteroatoms. The van der Waals surface area contributed by atoms with Gasteiger partial charge in [0.15, 0.2) is 5.13 Å². The quantitative estimate of drug-likeness (QED) is 0.900. The summed E-state index contributed by atoms with van der Waals surface area (Å²) in [6.07, 6.45) is 1.81. The number of anilines is 1. The Balaban J connectivity index is 2.27. The zero-order chi connectivity index (χ0) is 12.4. The summed E-state index contributed by atoms with van der Waals surface area (Å²) in [4.78, 5) is 8.77. The highest BCUT2D eigenvalue weighted by Gasteiger charge is 2.13. The first kappa shape index (κ1) is 12.0. The zero-order valence-corrected chi connectivity index (χ0v) is 11.4. The lowest BCUT2D eigenvalue weighted by atomic mass is 10.0. The third-order valence-corrected chi connectivity index (χ3v) is 3.49. The first-order valence-corrected chi connectivity index (χ1v) is 6.56. The number of aryl methyl sites for hydroxylation is 3. The van der Waals surface area contributed by atoms with E-state index in [0.717, 1.165) is 16.5 Å². The lowest BCUT2D eigenvalue weighted by Gasteiger charge is -2.18.